The van der Waals surface area contributed by atoms with Crippen molar-refractivity contribution in [3.8, 4) is 11.6 Å². The maximum atomic E-state index is 12.6. The van der Waals surface area contributed by atoms with Gasteiger partial charge in [0.15, 0.2) is 5.69 Å². The normalized spacial score (nSPS) is 16.4. The molecule has 0 saturated heterocycles. The number of benzene rings is 2. The smallest absolute Gasteiger partial charge is 0.417 e. The summed E-state index contributed by atoms with van der Waals surface area (Å²) in [6, 6.07) is 14.1. The van der Waals surface area contributed by atoms with Gasteiger partial charge in [-0.1, -0.05) is 23.4 Å². The SMILES string of the molecule is ON1c2ccccc2CCc2cc(Oc3ccc(C(F)(F)F)cn3)ccc2[NH+]1O. The highest BCUT2D eigenvalue weighted by Crippen LogP contribution is 2.31. The molecule has 0 fully saturated rings. The van der Waals surface area contributed by atoms with Crippen LogP contribution in [0.15, 0.2) is 60.8 Å². The molecular formula is C20H17F3N3O3+. The zero-order valence-electron chi connectivity index (χ0n) is 15.0. The van der Waals surface area contributed by atoms with E-state index in [9.17, 15) is 23.6 Å². The molecule has 1 unspecified atom stereocenters. The number of ether oxygens (including phenoxy) is 1. The molecule has 0 amide bonds. The summed E-state index contributed by atoms with van der Waals surface area (Å²) in [4.78, 5) is 3.70. The fourth-order valence-electron chi connectivity index (χ4n) is 3.21. The highest BCUT2D eigenvalue weighted by Gasteiger charge is 2.31. The largest absolute Gasteiger partial charge is 0.439 e. The summed E-state index contributed by atoms with van der Waals surface area (Å²) in [7, 11) is 0. The monoisotopic (exact) mass is 404 g/mol. The second-order valence-electron chi connectivity index (χ2n) is 6.57. The van der Waals surface area contributed by atoms with Gasteiger partial charge in [0.2, 0.25) is 5.88 Å². The van der Waals surface area contributed by atoms with E-state index in [0.717, 1.165) is 28.4 Å². The van der Waals surface area contributed by atoms with Crippen LogP contribution in [-0.2, 0) is 19.0 Å². The van der Waals surface area contributed by atoms with Crippen molar-refractivity contribution in [3.63, 3.8) is 0 Å². The van der Waals surface area contributed by atoms with Gasteiger partial charge in [-0.25, -0.2) is 10.2 Å². The van der Waals surface area contributed by atoms with Crippen LogP contribution < -0.4 is 15.1 Å². The predicted octanol–water partition coefficient (Wildman–Crippen LogP) is 3.71. The number of fused-ring (bicyclic) bond motifs is 2. The molecule has 1 aliphatic rings. The highest BCUT2D eigenvalue weighted by atomic mass is 19.4. The van der Waals surface area contributed by atoms with Crippen LogP contribution in [0.3, 0.4) is 0 Å². The quantitative estimate of drug-likeness (QED) is 0.608. The zero-order chi connectivity index (χ0) is 20.6. The Morgan fingerprint density at radius 1 is 1.00 bits per heavy atom. The van der Waals surface area contributed by atoms with Crippen LogP contribution in [0.4, 0.5) is 24.5 Å². The fourth-order valence-corrected chi connectivity index (χ4v) is 3.21. The lowest BCUT2D eigenvalue weighted by molar-refractivity contribution is -1.06. The number of hydrogen-bond acceptors (Lipinski definition) is 5. The number of alkyl halides is 3. The number of quaternary nitrogens is 1. The molecule has 6 nitrogen and oxygen atoms in total. The van der Waals surface area contributed by atoms with Crippen LogP contribution in [0.25, 0.3) is 0 Å². The van der Waals surface area contributed by atoms with Crippen LogP contribution in [-0.4, -0.2) is 15.4 Å². The number of para-hydroxylation sites is 1. The minimum Gasteiger partial charge on any atom is -0.439 e. The van der Waals surface area contributed by atoms with Gasteiger partial charge in [0.1, 0.15) is 11.4 Å². The lowest BCUT2D eigenvalue weighted by atomic mass is 10.0. The lowest BCUT2D eigenvalue weighted by Gasteiger charge is -2.26. The Morgan fingerprint density at radius 2 is 1.76 bits per heavy atom. The van der Waals surface area contributed by atoms with Crippen LogP contribution in [0, 0.1) is 0 Å². The average molecular weight is 404 g/mol. The van der Waals surface area contributed by atoms with Gasteiger partial charge in [-0.05, 0) is 47.8 Å². The molecule has 0 spiro atoms. The van der Waals surface area contributed by atoms with Crippen molar-refractivity contribution < 1.29 is 33.5 Å². The zero-order valence-corrected chi connectivity index (χ0v) is 15.0. The molecule has 1 atom stereocenters. The first-order valence-corrected chi connectivity index (χ1v) is 8.80. The van der Waals surface area contributed by atoms with Crippen LogP contribution in [0.5, 0.6) is 11.6 Å². The minimum absolute atomic E-state index is 0.0196. The molecule has 29 heavy (non-hydrogen) atoms. The van der Waals surface area contributed by atoms with E-state index in [0.29, 0.717) is 36.2 Å². The topological polar surface area (TPSA) is 70.3 Å². The average Bonchev–Trinajstić information content (AvgIpc) is 2.70. The van der Waals surface area contributed by atoms with Crippen molar-refractivity contribution in [2.75, 3.05) is 5.17 Å². The van der Waals surface area contributed by atoms with Crippen LogP contribution in [0.1, 0.15) is 16.7 Å². The standard InChI is InChI=1S/C20H16F3N3O3/c21-20(22,23)15-7-10-19(24-12-15)29-16-8-9-18-14(11-16)6-5-13-3-1-2-4-17(13)25(27)26(18)28/h1-4,7-12,27-28H,5-6H2/p+1. The van der Waals surface area contributed by atoms with E-state index in [-0.39, 0.29) is 11.1 Å². The first kappa shape index (κ1) is 19.2. The van der Waals surface area contributed by atoms with Gasteiger partial charge in [0, 0.05) is 23.9 Å². The van der Waals surface area contributed by atoms with E-state index >= 15 is 0 Å². The Bertz CT molecular complexity index is 1030. The third-order valence-electron chi connectivity index (χ3n) is 4.69. The summed E-state index contributed by atoms with van der Waals surface area (Å²) in [6.07, 6.45) is -2.56. The van der Waals surface area contributed by atoms with Crippen molar-refractivity contribution in [2.45, 2.75) is 19.0 Å². The molecule has 3 aromatic rings. The van der Waals surface area contributed by atoms with E-state index in [1.54, 1.807) is 30.3 Å². The molecule has 9 heteroatoms. The maximum Gasteiger partial charge on any atom is 0.417 e. The van der Waals surface area contributed by atoms with E-state index in [1.807, 2.05) is 12.1 Å². The lowest BCUT2D eigenvalue weighted by Crippen LogP contribution is -3.12. The van der Waals surface area contributed by atoms with Crippen LogP contribution >= 0.6 is 0 Å². The van der Waals surface area contributed by atoms with Crippen LogP contribution in [0.2, 0.25) is 0 Å². The Labute approximate surface area is 163 Å². The molecular weight excluding hydrogens is 387 g/mol. The third-order valence-corrected chi connectivity index (χ3v) is 4.69. The molecule has 0 radical (unpaired) electrons. The first-order valence-electron chi connectivity index (χ1n) is 8.80. The van der Waals surface area contributed by atoms with Gasteiger partial charge in [-0.15, -0.1) is 0 Å². The molecule has 2 heterocycles. The van der Waals surface area contributed by atoms with Gasteiger partial charge in [0.25, 0.3) is 0 Å². The summed E-state index contributed by atoms with van der Waals surface area (Å²) in [6.45, 7) is 0. The van der Waals surface area contributed by atoms with Gasteiger partial charge in [-0.2, -0.15) is 18.4 Å². The summed E-state index contributed by atoms with van der Waals surface area (Å²) in [5.74, 6) is 0.383. The predicted molar refractivity (Wildman–Crippen MR) is 96.3 cm³/mol. The number of rotatable bonds is 2. The van der Waals surface area contributed by atoms with E-state index in [4.69, 9.17) is 4.74 Å². The van der Waals surface area contributed by atoms with Gasteiger partial charge < -0.3 is 4.74 Å². The molecule has 3 N–H and O–H groups in total. The number of aromatic nitrogens is 1. The number of pyridine rings is 1. The second kappa shape index (κ2) is 7.36. The van der Waals surface area contributed by atoms with Crippen molar-refractivity contribution in [3.05, 3.63) is 77.5 Å². The molecule has 150 valence electrons. The second-order valence-corrected chi connectivity index (χ2v) is 6.57. The summed E-state index contributed by atoms with van der Waals surface area (Å²) in [5, 5.41) is 21.3. The summed E-state index contributed by atoms with van der Waals surface area (Å²) in [5.41, 5.74) is 1.67. The summed E-state index contributed by atoms with van der Waals surface area (Å²) < 4.78 is 43.5. The summed E-state index contributed by atoms with van der Waals surface area (Å²) >= 11 is 0. The number of halogens is 3. The van der Waals surface area contributed by atoms with E-state index < -0.39 is 11.7 Å². The molecule has 4 rings (SSSR count). The van der Waals surface area contributed by atoms with Crippen molar-refractivity contribution in [2.24, 2.45) is 0 Å². The molecule has 1 aromatic heterocycles. The van der Waals surface area contributed by atoms with Gasteiger partial charge in [0.05, 0.1) is 5.56 Å². The Kier molecular flexibility index (Phi) is 4.87. The number of hydrogen-bond donors (Lipinski definition) is 3. The van der Waals surface area contributed by atoms with Crippen molar-refractivity contribution in [1.82, 2.24) is 4.98 Å². The minimum atomic E-state index is -4.46. The van der Waals surface area contributed by atoms with E-state index in [1.165, 1.54) is 0 Å². The molecule has 2 aromatic carbocycles. The molecule has 1 aliphatic heterocycles. The highest BCUT2D eigenvalue weighted by molar-refractivity contribution is 5.53. The Morgan fingerprint density at radius 3 is 2.48 bits per heavy atom. The first-order chi connectivity index (χ1) is 13.8. The Hall–Kier alpha value is -3.14. The van der Waals surface area contributed by atoms with E-state index in [2.05, 4.69) is 4.98 Å². The number of nitrogens with zero attached hydrogens (tertiary/aromatic N) is 2. The fraction of sp³-hybridized carbons (Fsp3) is 0.150. The molecule has 0 aliphatic carbocycles. The number of anilines is 1. The molecule has 0 saturated carbocycles. The van der Waals surface area contributed by atoms with Crippen molar-refractivity contribution in [1.29, 1.82) is 0 Å². The van der Waals surface area contributed by atoms with Crippen molar-refractivity contribution >= 4 is 11.4 Å². The number of aryl methyl sites for hydroxylation is 2. The number of nitrogens with one attached hydrogen (secondary N) is 1. The maximum absolute atomic E-state index is 12.6. The molecule has 0 bridgehead atoms. The van der Waals surface area contributed by atoms with Gasteiger partial charge in [-0.3, -0.25) is 0 Å². The van der Waals surface area contributed by atoms with Gasteiger partial charge >= 0.3 is 6.18 Å². The Balaban J connectivity index is 1.60. The third kappa shape index (κ3) is 3.88.